The van der Waals surface area contributed by atoms with Gasteiger partial charge in [-0.3, -0.25) is 4.79 Å². The van der Waals surface area contributed by atoms with Crippen molar-refractivity contribution in [2.75, 3.05) is 13.7 Å². The molecule has 3 nitrogen and oxygen atoms in total. The summed E-state index contributed by atoms with van der Waals surface area (Å²) in [4.78, 5) is 12.2. The van der Waals surface area contributed by atoms with E-state index in [2.05, 4.69) is 5.32 Å². The lowest BCUT2D eigenvalue weighted by molar-refractivity contribution is -0.149. The molecular formula is C14H18ClF2NO2. The summed E-state index contributed by atoms with van der Waals surface area (Å²) in [6, 6.07) is 3.74. The number of halogens is 3. The Morgan fingerprint density at radius 2 is 2.10 bits per heavy atom. The highest BCUT2D eigenvalue weighted by molar-refractivity contribution is 5.85. The minimum atomic E-state index is -0.938. The molecule has 0 radical (unpaired) electrons. The van der Waals surface area contributed by atoms with Crippen LogP contribution in [0, 0.1) is 11.6 Å². The van der Waals surface area contributed by atoms with Gasteiger partial charge in [0.15, 0.2) is 11.6 Å². The summed E-state index contributed by atoms with van der Waals surface area (Å²) in [5.74, 6) is -2.25. The Morgan fingerprint density at radius 1 is 1.40 bits per heavy atom. The Kier molecular flexibility index (Phi) is 5.48. The van der Waals surface area contributed by atoms with Crippen molar-refractivity contribution in [1.29, 1.82) is 0 Å². The molecule has 1 N–H and O–H groups in total. The molecule has 1 aromatic rings. The average Bonchev–Trinajstić information content (AvgIpc) is 2.40. The van der Waals surface area contributed by atoms with Gasteiger partial charge in [0.05, 0.1) is 12.5 Å². The van der Waals surface area contributed by atoms with E-state index in [0.717, 1.165) is 12.1 Å². The first-order valence-corrected chi connectivity index (χ1v) is 6.27. The van der Waals surface area contributed by atoms with E-state index in [1.807, 2.05) is 6.92 Å². The van der Waals surface area contributed by atoms with Crippen molar-refractivity contribution in [3.63, 3.8) is 0 Å². The molecule has 0 spiro atoms. The van der Waals surface area contributed by atoms with E-state index in [-0.39, 0.29) is 18.4 Å². The van der Waals surface area contributed by atoms with Crippen LogP contribution in [0.25, 0.3) is 0 Å². The third kappa shape index (κ3) is 2.94. The fraction of sp³-hybridized carbons (Fsp3) is 0.500. The predicted molar refractivity (Wildman–Crippen MR) is 74.0 cm³/mol. The first-order valence-electron chi connectivity index (χ1n) is 6.27. The van der Waals surface area contributed by atoms with Crippen LogP contribution in [0.1, 0.15) is 25.3 Å². The van der Waals surface area contributed by atoms with Crippen LogP contribution in [0.3, 0.4) is 0 Å². The van der Waals surface area contributed by atoms with Gasteiger partial charge >= 0.3 is 5.97 Å². The fourth-order valence-corrected chi connectivity index (χ4v) is 2.78. The van der Waals surface area contributed by atoms with E-state index in [0.29, 0.717) is 24.9 Å². The normalized spacial score (nSPS) is 25.7. The topological polar surface area (TPSA) is 38.3 Å². The molecule has 1 aliphatic heterocycles. The van der Waals surface area contributed by atoms with Gasteiger partial charge < -0.3 is 10.1 Å². The molecule has 1 aromatic carbocycles. The molecule has 2 rings (SSSR count). The Morgan fingerprint density at radius 3 is 2.65 bits per heavy atom. The van der Waals surface area contributed by atoms with Crippen molar-refractivity contribution < 1.29 is 18.3 Å². The molecule has 112 valence electrons. The van der Waals surface area contributed by atoms with Gasteiger partial charge in [-0.05, 0) is 44.0 Å². The number of ether oxygens (including phenoxy) is 1. The van der Waals surface area contributed by atoms with Gasteiger partial charge in [-0.15, -0.1) is 12.4 Å². The Bertz CT molecular complexity index is 498. The number of hydrogen-bond acceptors (Lipinski definition) is 3. The summed E-state index contributed by atoms with van der Waals surface area (Å²) in [7, 11) is 1.32. The van der Waals surface area contributed by atoms with Gasteiger partial charge in [-0.1, -0.05) is 6.07 Å². The molecule has 1 saturated heterocycles. The number of carbonyl (C=O) groups is 1. The van der Waals surface area contributed by atoms with Crippen LogP contribution < -0.4 is 5.32 Å². The highest BCUT2D eigenvalue weighted by atomic mass is 35.5. The summed E-state index contributed by atoms with van der Waals surface area (Å²) < 4.78 is 31.4. The van der Waals surface area contributed by atoms with Crippen molar-refractivity contribution in [2.45, 2.75) is 31.2 Å². The average molecular weight is 306 g/mol. The summed E-state index contributed by atoms with van der Waals surface area (Å²) in [6.07, 6.45) is 1.01. The smallest absolute Gasteiger partial charge is 0.316 e. The molecule has 0 aromatic heterocycles. The lowest BCUT2D eigenvalue weighted by Crippen LogP contribution is -2.50. The number of methoxy groups -OCH3 is 1. The summed E-state index contributed by atoms with van der Waals surface area (Å²) >= 11 is 0. The van der Waals surface area contributed by atoms with Gasteiger partial charge in [0, 0.05) is 6.04 Å². The lowest BCUT2D eigenvalue weighted by atomic mass is 9.71. The van der Waals surface area contributed by atoms with E-state index >= 15 is 0 Å². The van der Waals surface area contributed by atoms with Gasteiger partial charge in [0.25, 0.3) is 0 Å². The van der Waals surface area contributed by atoms with E-state index in [1.165, 1.54) is 13.2 Å². The fourth-order valence-electron chi connectivity index (χ4n) is 2.78. The number of carbonyl (C=O) groups excluding carboxylic acids is 1. The van der Waals surface area contributed by atoms with Gasteiger partial charge in [-0.25, -0.2) is 8.78 Å². The molecule has 0 bridgehead atoms. The van der Waals surface area contributed by atoms with Crippen LogP contribution in [0.5, 0.6) is 0 Å². The maximum Gasteiger partial charge on any atom is 0.316 e. The number of piperidine rings is 1. The predicted octanol–water partition coefficient (Wildman–Crippen LogP) is 2.57. The second kappa shape index (κ2) is 6.50. The number of nitrogens with one attached hydrogen (secondary N) is 1. The molecule has 6 heteroatoms. The third-order valence-electron chi connectivity index (χ3n) is 3.75. The van der Waals surface area contributed by atoms with Gasteiger partial charge in [0.1, 0.15) is 0 Å². The highest BCUT2D eigenvalue weighted by Crippen LogP contribution is 2.37. The van der Waals surface area contributed by atoms with E-state index in [9.17, 15) is 13.6 Å². The van der Waals surface area contributed by atoms with E-state index in [1.54, 1.807) is 0 Å². The zero-order chi connectivity index (χ0) is 14.0. The SMILES string of the molecule is COC(=O)C1(c2ccc(F)c(F)c2)CCN[C@@H](C)C1.Cl. The Balaban J connectivity index is 0.00000200. The minimum Gasteiger partial charge on any atom is -0.468 e. The van der Waals surface area contributed by atoms with Gasteiger partial charge in [-0.2, -0.15) is 0 Å². The number of esters is 1. The van der Waals surface area contributed by atoms with Crippen molar-refractivity contribution in [3.05, 3.63) is 35.4 Å². The number of benzene rings is 1. The molecule has 1 aliphatic rings. The van der Waals surface area contributed by atoms with Crippen molar-refractivity contribution in [3.8, 4) is 0 Å². The second-order valence-electron chi connectivity index (χ2n) is 5.01. The maximum absolute atomic E-state index is 13.4. The lowest BCUT2D eigenvalue weighted by Gasteiger charge is -2.38. The zero-order valence-corrected chi connectivity index (χ0v) is 12.2. The van der Waals surface area contributed by atoms with Crippen LogP contribution in [0.4, 0.5) is 8.78 Å². The number of rotatable bonds is 2. The molecule has 0 amide bonds. The largest absolute Gasteiger partial charge is 0.468 e. The minimum absolute atomic E-state index is 0. The van der Waals surface area contributed by atoms with Crippen LogP contribution in [0.2, 0.25) is 0 Å². The number of hydrogen-bond donors (Lipinski definition) is 1. The summed E-state index contributed by atoms with van der Waals surface area (Å²) in [6.45, 7) is 2.59. The molecule has 20 heavy (non-hydrogen) atoms. The molecule has 0 aliphatic carbocycles. The third-order valence-corrected chi connectivity index (χ3v) is 3.75. The maximum atomic E-state index is 13.4. The molecule has 1 unspecified atom stereocenters. The van der Waals surface area contributed by atoms with Crippen LogP contribution >= 0.6 is 12.4 Å². The molecule has 2 atom stereocenters. The Hall–Kier alpha value is -1.20. The van der Waals surface area contributed by atoms with Crippen LogP contribution in [0.15, 0.2) is 18.2 Å². The standard InChI is InChI=1S/C14H17F2NO2.ClH/c1-9-8-14(5-6-17-9,13(18)19-2)10-3-4-11(15)12(16)7-10;/h3-4,7,9,17H,5-6,8H2,1-2H3;1H/t9-,14?;/m0./s1. The highest BCUT2D eigenvalue weighted by Gasteiger charge is 2.44. The summed E-state index contributed by atoms with van der Waals surface area (Å²) in [5.41, 5.74) is -0.417. The molecular weight excluding hydrogens is 288 g/mol. The molecule has 1 heterocycles. The van der Waals surface area contributed by atoms with Crippen LogP contribution in [-0.2, 0) is 14.9 Å². The summed E-state index contributed by atoms with van der Waals surface area (Å²) in [5, 5.41) is 3.24. The molecule has 0 saturated carbocycles. The Labute approximate surface area is 123 Å². The van der Waals surface area contributed by atoms with Gasteiger partial charge in [0.2, 0.25) is 0 Å². The second-order valence-corrected chi connectivity index (χ2v) is 5.01. The van der Waals surface area contributed by atoms with Crippen LogP contribution in [-0.4, -0.2) is 25.7 Å². The first-order chi connectivity index (χ1) is 8.99. The van der Waals surface area contributed by atoms with E-state index < -0.39 is 23.0 Å². The quantitative estimate of drug-likeness (QED) is 0.854. The van der Waals surface area contributed by atoms with Crippen molar-refractivity contribution >= 4 is 18.4 Å². The first kappa shape index (κ1) is 16.9. The molecule has 1 fully saturated rings. The van der Waals surface area contributed by atoms with Crippen molar-refractivity contribution in [1.82, 2.24) is 5.32 Å². The van der Waals surface area contributed by atoms with E-state index in [4.69, 9.17) is 4.74 Å². The zero-order valence-electron chi connectivity index (χ0n) is 11.4. The monoisotopic (exact) mass is 305 g/mol. The van der Waals surface area contributed by atoms with Crippen molar-refractivity contribution in [2.24, 2.45) is 0 Å².